The Hall–Kier alpha value is -1.11. The van der Waals surface area contributed by atoms with Gasteiger partial charge in [-0.1, -0.05) is 12.1 Å². The van der Waals surface area contributed by atoms with E-state index < -0.39 is 0 Å². The molecule has 1 aromatic rings. The number of rotatable bonds is 6. The largest absolute Gasteiger partial charge is 0.490 e. The van der Waals surface area contributed by atoms with E-state index in [1.54, 1.807) is 0 Å². The SMILES string of the molecule is CCOC(=O)CN1CCOC(COc2ccccc2Br)C1. The van der Waals surface area contributed by atoms with Crippen LogP contribution in [0.4, 0.5) is 0 Å². The average molecular weight is 358 g/mol. The Kier molecular flexibility index (Phi) is 6.48. The van der Waals surface area contributed by atoms with Crippen molar-refractivity contribution < 1.29 is 19.0 Å². The van der Waals surface area contributed by atoms with Gasteiger partial charge in [-0.3, -0.25) is 9.69 Å². The van der Waals surface area contributed by atoms with Crippen LogP contribution < -0.4 is 4.74 Å². The Balaban J connectivity index is 1.79. The lowest BCUT2D eigenvalue weighted by Gasteiger charge is -2.32. The van der Waals surface area contributed by atoms with Gasteiger partial charge in [0.05, 0.1) is 24.2 Å². The van der Waals surface area contributed by atoms with E-state index in [0.29, 0.717) is 32.9 Å². The summed E-state index contributed by atoms with van der Waals surface area (Å²) in [5.74, 6) is 0.605. The zero-order valence-electron chi connectivity index (χ0n) is 12.1. The van der Waals surface area contributed by atoms with E-state index in [9.17, 15) is 4.79 Å². The van der Waals surface area contributed by atoms with Crippen molar-refractivity contribution in [1.29, 1.82) is 0 Å². The number of benzene rings is 1. The Morgan fingerprint density at radius 1 is 1.48 bits per heavy atom. The Morgan fingerprint density at radius 3 is 3.05 bits per heavy atom. The first-order valence-electron chi connectivity index (χ1n) is 7.06. The van der Waals surface area contributed by atoms with Gasteiger partial charge < -0.3 is 14.2 Å². The lowest BCUT2D eigenvalue weighted by molar-refractivity contribution is -0.146. The van der Waals surface area contributed by atoms with E-state index in [2.05, 4.69) is 15.9 Å². The average Bonchev–Trinajstić information content (AvgIpc) is 2.47. The first kappa shape index (κ1) is 16.3. The lowest BCUT2D eigenvalue weighted by atomic mass is 10.3. The number of ether oxygens (including phenoxy) is 3. The van der Waals surface area contributed by atoms with Gasteiger partial charge in [0.25, 0.3) is 0 Å². The van der Waals surface area contributed by atoms with Crippen molar-refractivity contribution in [2.45, 2.75) is 13.0 Å². The second-order valence-electron chi connectivity index (χ2n) is 4.77. The number of nitrogens with zero attached hydrogens (tertiary/aromatic N) is 1. The van der Waals surface area contributed by atoms with E-state index >= 15 is 0 Å². The molecule has 0 saturated carbocycles. The minimum absolute atomic E-state index is 0.0414. The van der Waals surface area contributed by atoms with Gasteiger partial charge in [0.1, 0.15) is 18.5 Å². The molecule has 1 saturated heterocycles. The molecule has 0 amide bonds. The van der Waals surface area contributed by atoms with Crippen molar-refractivity contribution in [2.24, 2.45) is 0 Å². The second kappa shape index (κ2) is 8.36. The molecule has 1 unspecified atom stereocenters. The number of para-hydroxylation sites is 1. The summed E-state index contributed by atoms with van der Waals surface area (Å²) in [6.45, 7) is 5.00. The number of esters is 1. The minimum Gasteiger partial charge on any atom is -0.490 e. The maximum Gasteiger partial charge on any atom is 0.320 e. The summed E-state index contributed by atoms with van der Waals surface area (Å²) in [5, 5.41) is 0. The molecule has 1 aliphatic rings. The maximum atomic E-state index is 11.5. The minimum atomic E-state index is -0.190. The number of carbonyl (C=O) groups is 1. The summed E-state index contributed by atoms with van der Waals surface area (Å²) < 4.78 is 17.3. The zero-order valence-corrected chi connectivity index (χ0v) is 13.7. The van der Waals surface area contributed by atoms with Gasteiger partial charge in [0.2, 0.25) is 0 Å². The number of hydrogen-bond acceptors (Lipinski definition) is 5. The molecule has 0 bridgehead atoms. The van der Waals surface area contributed by atoms with Crippen molar-refractivity contribution in [3.63, 3.8) is 0 Å². The molecule has 6 heteroatoms. The van der Waals surface area contributed by atoms with Crippen LogP contribution in [-0.2, 0) is 14.3 Å². The molecule has 1 heterocycles. The summed E-state index contributed by atoms with van der Waals surface area (Å²) in [7, 11) is 0. The quantitative estimate of drug-likeness (QED) is 0.729. The number of halogens is 1. The van der Waals surface area contributed by atoms with Crippen molar-refractivity contribution in [3.8, 4) is 5.75 Å². The summed E-state index contributed by atoms with van der Waals surface area (Å²) in [4.78, 5) is 13.5. The Labute approximate surface area is 133 Å². The zero-order chi connectivity index (χ0) is 15.1. The topological polar surface area (TPSA) is 48.0 Å². The van der Waals surface area contributed by atoms with Crippen molar-refractivity contribution >= 4 is 21.9 Å². The molecule has 0 spiro atoms. The highest BCUT2D eigenvalue weighted by atomic mass is 79.9. The molecule has 116 valence electrons. The van der Waals surface area contributed by atoms with Crippen molar-refractivity contribution in [2.75, 3.05) is 39.5 Å². The van der Waals surface area contributed by atoms with E-state index in [0.717, 1.165) is 16.8 Å². The van der Waals surface area contributed by atoms with Crippen molar-refractivity contribution in [1.82, 2.24) is 4.90 Å². The highest BCUT2D eigenvalue weighted by molar-refractivity contribution is 9.10. The fourth-order valence-corrected chi connectivity index (χ4v) is 2.56. The van der Waals surface area contributed by atoms with Gasteiger partial charge in [-0.05, 0) is 35.0 Å². The molecular weight excluding hydrogens is 338 g/mol. The summed E-state index contributed by atoms with van der Waals surface area (Å²) in [6.07, 6.45) is -0.0414. The lowest BCUT2D eigenvalue weighted by Crippen LogP contribution is -2.47. The van der Waals surface area contributed by atoms with Crippen LogP contribution in [0.25, 0.3) is 0 Å². The molecule has 0 N–H and O–H groups in total. The fourth-order valence-electron chi connectivity index (χ4n) is 2.16. The maximum absolute atomic E-state index is 11.5. The first-order valence-corrected chi connectivity index (χ1v) is 7.85. The van der Waals surface area contributed by atoms with E-state index in [1.165, 1.54) is 0 Å². The van der Waals surface area contributed by atoms with Crippen molar-refractivity contribution in [3.05, 3.63) is 28.7 Å². The van der Waals surface area contributed by atoms with E-state index in [1.807, 2.05) is 36.1 Å². The molecule has 21 heavy (non-hydrogen) atoms. The van der Waals surface area contributed by atoms with Crippen LogP contribution in [0.3, 0.4) is 0 Å². The summed E-state index contributed by atoms with van der Waals surface area (Å²) in [5.41, 5.74) is 0. The van der Waals surface area contributed by atoms with E-state index in [4.69, 9.17) is 14.2 Å². The Morgan fingerprint density at radius 2 is 2.29 bits per heavy atom. The third kappa shape index (κ3) is 5.30. The number of carbonyl (C=O) groups excluding carboxylic acids is 1. The molecular formula is C15H20BrNO4. The van der Waals surface area contributed by atoms with Gasteiger partial charge in [-0.2, -0.15) is 0 Å². The predicted octanol–water partition coefficient (Wildman–Crippen LogP) is 2.09. The highest BCUT2D eigenvalue weighted by Crippen LogP contribution is 2.24. The van der Waals surface area contributed by atoms with Crippen LogP contribution in [0.2, 0.25) is 0 Å². The number of morpholine rings is 1. The van der Waals surface area contributed by atoms with Crippen LogP contribution in [0, 0.1) is 0 Å². The highest BCUT2D eigenvalue weighted by Gasteiger charge is 2.23. The van der Waals surface area contributed by atoms with E-state index in [-0.39, 0.29) is 12.1 Å². The standard InChI is InChI=1S/C15H20BrNO4/c1-2-19-15(18)10-17-7-8-20-12(9-17)11-21-14-6-4-3-5-13(14)16/h3-6,12H,2,7-11H2,1H3. The van der Waals surface area contributed by atoms with Gasteiger partial charge >= 0.3 is 5.97 Å². The normalized spacial score (nSPS) is 19.2. The molecule has 1 fully saturated rings. The number of hydrogen-bond donors (Lipinski definition) is 0. The molecule has 1 aromatic carbocycles. The fraction of sp³-hybridized carbons (Fsp3) is 0.533. The van der Waals surface area contributed by atoms with Gasteiger partial charge in [-0.25, -0.2) is 0 Å². The molecule has 0 radical (unpaired) electrons. The monoisotopic (exact) mass is 357 g/mol. The molecule has 0 aliphatic carbocycles. The van der Waals surface area contributed by atoms with Gasteiger partial charge in [0, 0.05) is 13.1 Å². The van der Waals surface area contributed by atoms with Crippen LogP contribution >= 0.6 is 15.9 Å². The molecule has 5 nitrogen and oxygen atoms in total. The van der Waals surface area contributed by atoms with Crippen LogP contribution in [0.15, 0.2) is 28.7 Å². The van der Waals surface area contributed by atoms with Crippen LogP contribution in [0.5, 0.6) is 5.75 Å². The molecule has 0 aromatic heterocycles. The smallest absolute Gasteiger partial charge is 0.320 e. The molecule has 1 aliphatic heterocycles. The van der Waals surface area contributed by atoms with Crippen LogP contribution in [-0.4, -0.2) is 56.4 Å². The predicted molar refractivity (Wildman–Crippen MR) is 82.5 cm³/mol. The molecule has 2 rings (SSSR count). The summed E-state index contributed by atoms with van der Waals surface area (Å²) in [6, 6.07) is 7.71. The summed E-state index contributed by atoms with van der Waals surface area (Å²) >= 11 is 3.45. The van der Waals surface area contributed by atoms with Gasteiger partial charge in [0.15, 0.2) is 0 Å². The first-order chi connectivity index (χ1) is 10.2. The Bertz CT molecular complexity index is 469. The third-order valence-electron chi connectivity index (χ3n) is 3.14. The second-order valence-corrected chi connectivity index (χ2v) is 5.63. The third-order valence-corrected chi connectivity index (χ3v) is 3.80. The van der Waals surface area contributed by atoms with Crippen LogP contribution in [0.1, 0.15) is 6.92 Å². The van der Waals surface area contributed by atoms with Gasteiger partial charge in [-0.15, -0.1) is 0 Å². The molecule has 1 atom stereocenters.